The van der Waals surface area contributed by atoms with Gasteiger partial charge in [-0.05, 0) is 55.3 Å². The fraction of sp³-hybridized carbons (Fsp3) is 0.105. The van der Waals surface area contributed by atoms with Gasteiger partial charge in [0.25, 0.3) is 0 Å². The van der Waals surface area contributed by atoms with Gasteiger partial charge >= 0.3 is 5.97 Å². The molecule has 0 atom stereocenters. The van der Waals surface area contributed by atoms with E-state index in [1.165, 1.54) is 30.3 Å². The Morgan fingerprint density at radius 1 is 1.08 bits per heavy atom. The molecule has 1 heterocycles. The van der Waals surface area contributed by atoms with Crippen molar-refractivity contribution in [3.05, 3.63) is 71.2 Å². The minimum absolute atomic E-state index is 0.0915. The van der Waals surface area contributed by atoms with Crippen LogP contribution in [0.1, 0.15) is 21.7 Å². The molecular formula is C19H15FN2O4. The van der Waals surface area contributed by atoms with Gasteiger partial charge < -0.3 is 14.3 Å². The first kappa shape index (κ1) is 17.3. The van der Waals surface area contributed by atoms with Crippen molar-refractivity contribution in [2.75, 3.05) is 0 Å². The lowest BCUT2D eigenvalue weighted by Gasteiger charge is -2.03. The molecule has 3 rings (SSSR count). The van der Waals surface area contributed by atoms with Crippen LogP contribution in [0, 0.1) is 19.7 Å². The summed E-state index contributed by atoms with van der Waals surface area (Å²) in [5.41, 5.74) is 1.88. The fourth-order valence-corrected chi connectivity index (χ4v) is 2.27. The van der Waals surface area contributed by atoms with E-state index in [1.807, 2.05) is 0 Å². The third-order valence-electron chi connectivity index (χ3n) is 3.57. The first-order valence-corrected chi connectivity index (χ1v) is 7.72. The molecular weight excluding hydrogens is 339 g/mol. The Hall–Kier alpha value is -3.48. The number of para-hydroxylation sites is 1. The second-order valence-corrected chi connectivity index (χ2v) is 5.59. The molecule has 0 aliphatic heterocycles. The first-order valence-electron chi connectivity index (χ1n) is 7.72. The number of carbonyl (C=O) groups is 1. The van der Waals surface area contributed by atoms with Gasteiger partial charge in [-0.3, -0.25) is 0 Å². The van der Waals surface area contributed by atoms with Crippen molar-refractivity contribution >= 4 is 17.5 Å². The second-order valence-electron chi connectivity index (χ2n) is 5.59. The number of phenols is 1. The van der Waals surface area contributed by atoms with Crippen molar-refractivity contribution in [3.8, 4) is 11.5 Å². The molecule has 0 saturated heterocycles. The lowest BCUT2D eigenvalue weighted by molar-refractivity contribution is 0.0695. The zero-order valence-electron chi connectivity index (χ0n) is 14.1. The molecule has 0 radical (unpaired) electrons. The van der Waals surface area contributed by atoms with Gasteiger partial charge in [0.2, 0.25) is 11.6 Å². The molecule has 2 aromatic carbocycles. The van der Waals surface area contributed by atoms with Crippen LogP contribution in [0.2, 0.25) is 0 Å². The summed E-state index contributed by atoms with van der Waals surface area (Å²) in [5, 5.41) is 17.7. The molecule has 1 N–H and O–H groups in total. The Bertz CT molecular complexity index is 972. The minimum Gasteiger partial charge on any atom is -0.507 e. The topological polar surface area (TPSA) is 84.4 Å². The number of benzene rings is 2. The third kappa shape index (κ3) is 3.77. The van der Waals surface area contributed by atoms with Crippen molar-refractivity contribution < 1.29 is 23.4 Å². The summed E-state index contributed by atoms with van der Waals surface area (Å²) < 4.78 is 23.7. The average molecular weight is 354 g/mol. The highest BCUT2D eigenvalue weighted by Crippen LogP contribution is 2.29. The molecule has 0 aliphatic rings. The quantitative estimate of drug-likeness (QED) is 0.387. The third-order valence-corrected chi connectivity index (χ3v) is 3.57. The van der Waals surface area contributed by atoms with Crippen LogP contribution in [0.3, 0.4) is 0 Å². The number of phenolic OH excluding ortho intramolecular Hbond substituents is 1. The van der Waals surface area contributed by atoms with E-state index in [4.69, 9.17) is 9.15 Å². The number of hydrogen-bond donors (Lipinski definition) is 1. The van der Waals surface area contributed by atoms with Crippen LogP contribution in [0.5, 0.6) is 11.5 Å². The number of esters is 1. The molecule has 0 bridgehead atoms. The van der Waals surface area contributed by atoms with Gasteiger partial charge in [0.15, 0.2) is 11.6 Å². The van der Waals surface area contributed by atoms with Gasteiger partial charge in [-0.25, -0.2) is 9.18 Å². The van der Waals surface area contributed by atoms with E-state index < -0.39 is 11.8 Å². The smallest absolute Gasteiger partial charge is 0.379 e. The van der Waals surface area contributed by atoms with Crippen LogP contribution < -0.4 is 4.74 Å². The maximum absolute atomic E-state index is 13.5. The molecule has 7 heteroatoms. The number of ether oxygens (including phenoxy) is 1. The molecule has 1 aromatic heterocycles. The predicted octanol–water partition coefficient (Wildman–Crippen LogP) is 5.38. The van der Waals surface area contributed by atoms with Crippen LogP contribution in [0.15, 0.2) is 63.2 Å². The molecule has 132 valence electrons. The second kappa shape index (κ2) is 7.18. The van der Waals surface area contributed by atoms with Crippen molar-refractivity contribution in [1.82, 2.24) is 0 Å². The number of carbonyl (C=O) groups excluding carboxylic acids is 1. The van der Waals surface area contributed by atoms with Crippen molar-refractivity contribution in [2.45, 2.75) is 13.8 Å². The minimum atomic E-state index is -0.840. The SMILES string of the molecule is Cc1cc(/N=N/c2ccc(C(=O)Oc3ccccc3F)o2)cc(C)c1O. The monoisotopic (exact) mass is 354 g/mol. The van der Waals surface area contributed by atoms with E-state index in [-0.39, 0.29) is 23.1 Å². The van der Waals surface area contributed by atoms with Crippen LogP contribution in [0.25, 0.3) is 0 Å². The Morgan fingerprint density at radius 2 is 1.77 bits per heavy atom. The number of halogens is 1. The normalized spacial score (nSPS) is 11.0. The molecule has 0 fully saturated rings. The lowest BCUT2D eigenvalue weighted by atomic mass is 10.1. The predicted molar refractivity (Wildman–Crippen MR) is 91.8 cm³/mol. The summed E-state index contributed by atoms with van der Waals surface area (Å²) in [6, 6.07) is 11.7. The Morgan fingerprint density at radius 3 is 2.46 bits per heavy atom. The van der Waals surface area contributed by atoms with Gasteiger partial charge in [-0.2, -0.15) is 0 Å². The molecule has 26 heavy (non-hydrogen) atoms. The highest BCUT2D eigenvalue weighted by atomic mass is 19.1. The van der Waals surface area contributed by atoms with Gasteiger partial charge in [-0.15, -0.1) is 10.2 Å². The van der Waals surface area contributed by atoms with Crippen molar-refractivity contribution in [1.29, 1.82) is 0 Å². The molecule has 0 unspecified atom stereocenters. The number of hydrogen-bond acceptors (Lipinski definition) is 6. The molecule has 0 amide bonds. The zero-order valence-corrected chi connectivity index (χ0v) is 14.1. The number of rotatable bonds is 4. The highest BCUT2D eigenvalue weighted by molar-refractivity contribution is 5.88. The maximum Gasteiger partial charge on any atom is 0.379 e. The van der Waals surface area contributed by atoms with E-state index in [0.29, 0.717) is 16.8 Å². The van der Waals surface area contributed by atoms with Crippen molar-refractivity contribution in [2.24, 2.45) is 10.2 Å². The van der Waals surface area contributed by atoms with E-state index in [9.17, 15) is 14.3 Å². The Labute approximate surface area is 148 Å². The summed E-state index contributed by atoms with van der Waals surface area (Å²) in [4.78, 5) is 12.0. The van der Waals surface area contributed by atoms with E-state index in [1.54, 1.807) is 32.0 Å². The first-order chi connectivity index (χ1) is 12.4. The van der Waals surface area contributed by atoms with Gasteiger partial charge in [0, 0.05) is 6.07 Å². The Balaban J connectivity index is 1.73. The summed E-state index contributed by atoms with van der Waals surface area (Å²) in [6.45, 7) is 3.51. The van der Waals surface area contributed by atoms with E-state index >= 15 is 0 Å². The number of azo groups is 1. The van der Waals surface area contributed by atoms with Crippen LogP contribution in [-0.4, -0.2) is 11.1 Å². The van der Waals surface area contributed by atoms with Gasteiger partial charge in [0.1, 0.15) is 5.75 Å². The standard InChI is InChI=1S/C19H15FN2O4/c1-11-9-13(10-12(2)18(11)23)21-22-17-8-7-16(25-17)19(24)26-15-6-4-3-5-14(15)20/h3-10,23H,1-2H3/b22-21+. The number of aryl methyl sites for hydroxylation is 2. The number of aromatic hydroxyl groups is 1. The average Bonchev–Trinajstić information content (AvgIpc) is 3.09. The van der Waals surface area contributed by atoms with E-state index in [0.717, 1.165) is 0 Å². The largest absolute Gasteiger partial charge is 0.507 e. The highest BCUT2D eigenvalue weighted by Gasteiger charge is 2.15. The number of nitrogens with zero attached hydrogens (tertiary/aromatic N) is 2. The molecule has 0 aliphatic carbocycles. The maximum atomic E-state index is 13.5. The molecule has 0 spiro atoms. The summed E-state index contributed by atoms with van der Waals surface area (Å²) in [7, 11) is 0. The zero-order chi connectivity index (χ0) is 18.7. The van der Waals surface area contributed by atoms with E-state index in [2.05, 4.69) is 10.2 Å². The summed E-state index contributed by atoms with van der Waals surface area (Å²) in [6.07, 6.45) is 0. The molecule has 3 aromatic rings. The fourth-order valence-electron chi connectivity index (χ4n) is 2.27. The van der Waals surface area contributed by atoms with Crippen LogP contribution in [-0.2, 0) is 0 Å². The summed E-state index contributed by atoms with van der Waals surface area (Å²) >= 11 is 0. The molecule has 0 saturated carbocycles. The van der Waals surface area contributed by atoms with Gasteiger partial charge in [0.05, 0.1) is 5.69 Å². The van der Waals surface area contributed by atoms with Gasteiger partial charge in [-0.1, -0.05) is 12.1 Å². The Kier molecular flexibility index (Phi) is 4.79. The molecule has 6 nitrogen and oxygen atoms in total. The van der Waals surface area contributed by atoms with Crippen LogP contribution >= 0.6 is 0 Å². The summed E-state index contributed by atoms with van der Waals surface area (Å²) in [5.74, 6) is -1.50. The van der Waals surface area contributed by atoms with Crippen molar-refractivity contribution in [3.63, 3.8) is 0 Å². The lowest BCUT2D eigenvalue weighted by Crippen LogP contribution is -2.08. The number of furan rings is 1. The van der Waals surface area contributed by atoms with Crippen LogP contribution in [0.4, 0.5) is 16.0 Å².